The fraction of sp³-hybridized carbons (Fsp3) is 0.438. The van der Waals surface area contributed by atoms with Crippen LogP contribution in [0.3, 0.4) is 0 Å². The van der Waals surface area contributed by atoms with Crippen molar-refractivity contribution in [3.63, 3.8) is 0 Å². The number of hydrogen-bond acceptors (Lipinski definition) is 4. The number of hydrogen-bond donors (Lipinski definition) is 0. The number of benzene rings is 1. The molecule has 0 bridgehead atoms. The Morgan fingerprint density at radius 3 is 2.73 bits per heavy atom. The van der Waals surface area contributed by atoms with E-state index in [1.165, 1.54) is 11.4 Å². The molecule has 0 radical (unpaired) electrons. The maximum Gasteiger partial charge on any atom is 0.337 e. The minimum absolute atomic E-state index is 0.161. The van der Waals surface area contributed by atoms with Gasteiger partial charge in [-0.15, -0.1) is 0 Å². The van der Waals surface area contributed by atoms with E-state index in [4.69, 9.17) is 4.74 Å². The van der Waals surface area contributed by atoms with Gasteiger partial charge < -0.3 is 4.74 Å². The number of carbonyl (C=O) groups excluding carboxylic acids is 1. The van der Waals surface area contributed by atoms with E-state index < -0.39 is 16.0 Å². The molecule has 0 N–H and O–H groups in total. The molecule has 5 nitrogen and oxygen atoms in total. The smallest absolute Gasteiger partial charge is 0.337 e. The van der Waals surface area contributed by atoms with Crippen LogP contribution in [0.2, 0.25) is 0 Å². The first-order valence-corrected chi connectivity index (χ1v) is 9.02. The van der Waals surface area contributed by atoms with E-state index in [9.17, 15) is 13.2 Å². The first kappa shape index (κ1) is 15.1. The number of nitrogens with zero attached hydrogens (tertiary/aromatic N) is 1. The molecule has 0 aromatic heterocycles. The Balaban J connectivity index is 2.07. The van der Waals surface area contributed by atoms with Crippen molar-refractivity contribution in [2.45, 2.75) is 25.2 Å². The highest BCUT2D eigenvalue weighted by atomic mass is 32.2. The molecule has 118 valence electrons. The Morgan fingerprint density at radius 1 is 1.32 bits per heavy atom. The molecule has 1 heterocycles. The zero-order valence-electron chi connectivity index (χ0n) is 12.5. The van der Waals surface area contributed by atoms with E-state index in [2.05, 4.69) is 12.2 Å². The number of rotatable bonds is 3. The van der Waals surface area contributed by atoms with Gasteiger partial charge in [0.1, 0.15) is 0 Å². The molecule has 1 aliphatic heterocycles. The minimum atomic E-state index is -3.27. The van der Waals surface area contributed by atoms with Gasteiger partial charge in [-0.1, -0.05) is 12.2 Å². The second-order valence-electron chi connectivity index (χ2n) is 5.66. The number of sulfonamides is 1. The molecule has 1 aromatic carbocycles. The number of methoxy groups -OCH3 is 1. The van der Waals surface area contributed by atoms with Crippen LogP contribution >= 0.6 is 0 Å². The molecular formula is C16H19NO4S. The lowest BCUT2D eigenvalue weighted by Gasteiger charge is -2.20. The predicted molar refractivity (Wildman–Crippen MR) is 84.6 cm³/mol. The monoisotopic (exact) mass is 321 g/mol. The second kappa shape index (κ2) is 5.76. The lowest BCUT2D eigenvalue weighted by molar-refractivity contribution is 0.0600. The maximum absolute atomic E-state index is 12.1. The van der Waals surface area contributed by atoms with E-state index in [1.807, 2.05) is 6.07 Å². The maximum atomic E-state index is 12.1. The summed E-state index contributed by atoms with van der Waals surface area (Å²) < 4.78 is 30.5. The van der Waals surface area contributed by atoms with Gasteiger partial charge in [-0.05, 0) is 43.0 Å². The van der Waals surface area contributed by atoms with Crippen molar-refractivity contribution in [1.29, 1.82) is 0 Å². The predicted octanol–water partition coefficient (Wildman–Crippen LogP) is 2.45. The third kappa shape index (κ3) is 2.75. The number of carbonyl (C=O) groups is 1. The number of esters is 1. The minimum Gasteiger partial charge on any atom is -0.465 e. The third-order valence-electron chi connectivity index (χ3n) is 4.19. The molecule has 1 aromatic rings. The van der Waals surface area contributed by atoms with E-state index in [1.54, 1.807) is 12.1 Å². The average Bonchev–Trinajstić information content (AvgIpc) is 3.15. The Kier molecular flexibility index (Phi) is 3.95. The van der Waals surface area contributed by atoms with Crippen molar-refractivity contribution >= 4 is 21.7 Å². The van der Waals surface area contributed by atoms with Crippen LogP contribution in [0.15, 0.2) is 30.4 Å². The molecule has 0 spiro atoms. The van der Waals surface area contributed by atoms with Crippen LogP contribution in [0.1, 0.15) is 41.1 Å². The molecule has 1 atom stereocenters. The Morgan fingerprint density at radius 2 is 2.14 bits per heavy atom. The van der Waals surface area contributed by atoms with E-state index in [-0.39, 0.29) is 11.7 Å². The Labute approximate surface area is 130 Å². The summed E-state index contributed by atoms with van der Waals surface area (Å²) in [6, 6.07) is 5.30. The fourth-order valence-electron chi connectivity index (χ4n) is 3.07. The summed E-state index contributed by atoms with van der Waals surface area (Å²) in [4.78, 5) is 11.9. The van der Waals surface area contributed by atoms with Crippen LogP contribution in [0.4, 0.5) is 5.69 Å². The molecule has 1 saturated heterocycles. The van der Waals surface area contributed by atoms with Gasteiger partial charge in [-0.25, -0.2) is 13.2 Å². The summed E-state index contributed by atoms with van der Waals surface area (Å²) in [5.41, 5.74) is 1.93. The number of ether oxygens (including phenoxy) is 1. The summed E-state index contributed by atoms with van der Waals surface area (Å²) in [5, 5.41) is 0. The Hall–Kier alpha value is -1.82. The highest BCUT2D eigenvalue weighted by Gasteiger charge is 2.30. The van der Waals surface area contributed by atoms with Crippen molar-refractivity contribution in [3.05, 3.63) is 41.5 Å². The zero-order valence-corrected chi connectivity index (χ0v) is 13.3. The molecule has 1 unspecified atom stereocenters. The molecule has 1 fully saturated rings. The first-order chi connectivity index (χ1) is 10.5. The fourth-order valence-corrected chi connectivity index (χ4v) is 4.62. The topological polar surface area (TPSA) is 63.7 Å². The van der Waals surface area contributed by atoms with Gasteiger partial charge in [0, 0.05) is 12.5 Å². The van der Waals surface area contributed by atoms with Crippen LogP contribution in [0.25, 0.3) is 0 Å². The molecule has 0 saturated carbocycles. The van der Waals surface area contributed by atoms with Gasteiger partial charge >= 0.3 is 5.97 Å². The summed E-state index contributed by atoms with van der Waals surface area (Å²) in [6.07, 6.45) is 6.82. The van der Waals surface area contributed by atoms with Crippen LogP contribution in [-0.4, -0.2) is 33.8 Å². The average molecular weight is 321 g/mol. The molecule has 3 rings (SSSR count). The van der Waals surface area contributed by atoms with Crippen LogP contribution < -0.4 is 4.31 Å². The quantitative estimate of drug-likeness (QED) is 0.633. The SMILES string of the molecule is COC(=O)c1cc(C2C=CCC2)cc(N2CCCS2(=O)=O)c1. The third-order valence-corrected chi connectivity index (χ3v) is 6.06. The van der Waals surface area contributed by atoms with E-state index in [0.717, 1.165) is 18.4 Å². The van der Waals surface area contributed by atoms with Crippen molar-refractivity contribution in [3.8, 4) is 0 Å². The molecule has 0 amide bonds. The van der Waals surface area contributed by atoms with E-state index in [0.29, 0.717) is 24.2 Å². The lowest BCUT2D eigenvalue weighted by atomic mass is 9.96. The van der Waals surface area contributed by atoms with Crippen molar-refractivity contribution in [2.24, 2.45) is 0 Å². The standard InChI is InChI=1S/C16H19NO4S/c1-21-16(18)14-9-13(12-5-2-3-6-12)10-15(11-14)17-7-4-8-22(17,19)20/h2,5,9-12H,3-4,6-8H2,1H3. The van der Waals surface area contributed by atoms with Crippen LogP contribution in [0, 0.1) is 0 Å². The zero-order chi connectivity index (χ0) is 15.7. The van der Waals surface area contributed by atoms with Gasteiger partial charge in [0.05, 0.1) is 24.1 Å². The second-order valence-corrected chi connectivity index (χ2v) is 7.67. The van der Waals surface area contributed by atoms with Crippen LogP contribution in [-0.2, 0) is 14.8 Å². The summed E-state index contributed by atoms with van der Waals surface area (Å²) in [7, 11) is -1.94. The highest BCUT2D eigenvalue weighted by Crippen LogP contribution is 2.34. The van der Waals surface area contributed by atoms with Crippen molar-refractivity contribution in [1.82, 2.24) is 0 Å². The normalized spacial score (nSPS) is 23.0. The van der Waals surface area contributed by atoms with Gasteiger partial charge in [-0.3, -0.25) is 4.31 Å². The van der Waals surface area contributed by atoms with E-state index >= 15 is 0 Å². The van der Waals surface area contributed by atoms with Gasteiger partial charge in [-0.2, -0.15) is 0 Å². The van der Waals surface area contributed by atoms with Crippen molar-refractivity contribution in [2.75, 3.05) is 23.7 Å². The molecule has 6 heteroatoms. The summed E-state index contributed by atoms with van der Waals surface area (Å²) >= 11 is 0. The summed E-state index contributed by atoms with van der Waals surface area (Å²) in [5.74, 6) is -0.0518. The largest absolute Gasteiger partial charge is 0.465 e. The lowest BCUT2D eigenvalue weighted by Crippen LogP contribution is -2.25. The van der Waals surface area contributed by atoms with Crippen LogP contribution in [0.5, 0.6) is 0 Å². The summed E-state index contributed by atoms with van der Waals surface area (Å²) in [6.45, 7) is 0.465. The Bertz CT molecular complexity index is 724. The molecule has 1 aliphatic carbocycles. The molecular weight excluding hydrogens is 302 g/mol. The highest BCUT2D eigenvalue weighted by molar-refractivity contribution is 7.93. The van der Waals surface area contributed by atoms with Crippen molar-refractivity contribution < 1.29 is 17.9 Å². The number of anilines is 1. The molecule has 22 heavy (non-hydrogen) atoms. The van der Waals surface area contributed by atoms with Gasteiger partial charge in [0.25, 0.3) is 0 Å². The van der Waals surface area contributed by atoms with Gasteiger partial charge in [0.15, 0.2) is 0 Å². The first-order valence-electron chi connectivity index (χ1n) is 7.41. The van der Waals surface area contributed by atoms with Gasteiger partial charge in [0.2, 0.25) is 10.0 Å². The number of allylic oxidation sites excluding steroid dienone is 2. The molecule has 2 aliphatic rings.